The van der Waals surface area contributed by atoms with Crippen molar-refractivity contribution in [1.82, 2.24) is 0 Å². The number of hydrogen-bond acceptors (Lipinski definition) is 3. The monoisotopic (exact) mass is 292 g/mol. The number of carbonyl (C=O) groups excluding carboxylic acids is 1. The zero-order chi connectivity index (χ0) is 15.8. The standard InChI is InChI=1S/C18H28O3/c1-11-9-14-15(18(4,5)20-6)8-7-12(2)17(14)16(10-11)21-13(3)19/h8-9,12,14,16-17H,7,10H2,1-6H3/t12-,14-,16-,17+/m0/s1. The maximum Gasteiger partial charge on any atom is 0.302 e. The third-order valence-electron chi connectivity index (χ3n) is 5.08. The van der Waals surface area contributed by atoms with E-state index in [9.17, 15) is 4.79 Å². The molecule has 0 heterocycles. The first-order valence-electron chi connectivity index (χ1n) is 7.86. The maximum atomic E-state index is 11.5. The van der Waals surface area contributed by atoms with Crippen LogP contribution in [0.4, 0.5) is 0 Å². The topological polar surface area (TPSA) is 35.5 Å². The molecular weight excluding hydrogens is 264 g/mol. The normalized spacial score (nSPS) is 32.9. The Bertz CT molecular complexity index is 473. The van der Waals surface area contributed by atoms with E-state index in [0.717, 1.165) is 12.8 Å². The van der Waals surface area contributed by atoms with Gasteiger partial charge in [0.15, 0.2) is 0 Å². The Morgan fingerprint density at radius 3 is 2.62 bits per heavy atom. The van der Waals surface area contributed by atoms with Crippen LogP contribution >= 0.6 is 0 Å². The molecule has 0 bridgehead atoms. The zero-order valence-corrected chi connectivity index (χ0v) is 14.1. The molecule has 118 valence electrons. The maximum absolute atomic E-state index is 11.5. The molecule has 0 aromatic heterocycles. The van der Waals surface area contributed by atoms with E-state index in [-0.39, 0.29) is 17.7 Å². The van der Waals surface area contributed by atoms with Gasteiger partial charge in [-0.05, 0) is 38.7 Å². The number of methoxy groups -OCH3 is 1. The lowest BCUT2D eigenvalue weighted by atomic mass is 9.63. The van der Waals surface area contributed by atoms with Crippen molar-refractivity contribution in [2.24, 2.45) is 17.8 Å². The molecule has 0 aromatic rings. The van der Waals surface area contributed by atoms with Gasteiger partial charge in [0.2, 0.25) is 0 Å². The van der Waals surface area contributed by atoms with E-state index in [1.807, 2.05) is 0 Å². The molecule has 21 heavy (non-hydrogen) atoms. The van der Waals surface area contributed by atoms with Crippen LogP contribution < -0.4 is 0 Å². The summed E-state index contributed by atoms with van der Waals surface area (Å²) in [6.07, 6.45) is 6.55. The molecule has 3 nitrogen and oxygen atoms in total. The predicted molar refractivity (Wildman–Crippen MR) is 83.9 cm³/mol. The SMILES string of the molecule is COC(C)(C)C1=CC[C@H](C)[C@H]2[C@@H](OC(C)=O)CC(C)=C[C@@H]12. The molecule has 2 rings (SSSR count). The minimum Gasteiger partial charge on any atom is -0.462 e. The minimum atomic E-state index is -0.280. The molecular formula is C18H28O3. The lowest BCUT2D eigenvalue weighted by molar-refractivity contribution is -0.151. The Morgan fingerprint density at radius 2 is 2.05 bits per heavy atom. The molecule has 0 N–H and O–H groups in total. The van der Waals surface area contributed by atoms with Crippen LogP contribution in [0.3, 0.4) is 0 Å². The fourth-order valence-electron chi connectivity index (χ4n) is 3.89. The van der Waals surface area contributed by atoms with Gasteiger partial charge in [-0.3, -0.25) is 4.79 Å². The molecule has 0 radical (unpaired) electrons. The molecule has 0 aromatic carbocycles. The van der Waals surface area contributed by atoms with Crippen LogP contribution in [0.2, 0.25) is 0 Å². The highest BCUT2D eigenvalue weighted by molar-refractivity contribution is 5.66. The van der Waals surface area contributed by atoms with E-state index in [0.29, 0.717) is 17.8 Å². The summed E-state index contributed by atoms with van der Waals surface area (Å²) < 4.78 is 11.4. The van der Waals surface area contributed by atoms with E-state index < -0.39 is 0 Å². The van der Waals surface area contributed by atoms with E-state index in [2.05, 4.69) is 39.8 Å². The quantitative estimate of drug-likeness (QED) is 0.585. The number of hydrogen-bond donors (Lipinski definition) is 0. The van der Waals surface area contributed by atoms with Gasteiger partial charge in [-0.2, -0.15) is 0 Å². The van der Waals surface area contributed by atoms with Gasteiger partial charge in [0.25, 0.3) is 0 Å². The highest BCUT2D eigenvalue weighted by Gasteiger charge is 2.44. The van der Waals surface area contributed by atoms with Gasteiger partial charge in [-0.25, -0.2) is 0 Å². The highest BCUT2D eigenvalue weighted by atomic mass is 16.5. The Morgan fingerprint density at radius 1 is 1.38 bits per heavy atom. The van der Waals surface area contributed by atoms with Crippen molar-refractivity contribution in [2.45, 2.75) is 59.2 Å². The fraction of sp³-hybridized carbons (Fsp3) is 0.722. The van der Waals surface area contributed by atoms with Gasteiger partial charge in [-0.15, -0.1) is 0 Å². The summed E-state index contributed by atoms with van der Waals surface area (Å²) in [6.45, 7) is 10.1. The van der Waals surface area contributed by atoms with Crippen molar-refractivity contribution in [2.75, 3.05) is 7.11 Å². The van der Waals surface area contributed by atoms with E-state index >= 15 is 0 Å². The average molecular weight is 292 g/mol. The van der Waals surface area contributed by atoms with Crippen molar-refractivity contribution in [1.29, 1.82) is 0 Å². The van der Waals surface area contributed by atoms with Crippen molar-refractivity contribution >= 4 is 5.97 Å². The van der Waals surface area contributed by atoms with Gasteiger partial charge in [0.1, 0.15) is 6.10 Å². The van der Waals surface area contributed by atoms with E-state index in [1.54, 1.807) is 7.11 Å². The zero-order valence-electron chi connectivity index (χ0n) is 14.1. The first-order chi connectivity index (χ1) is 9.76. The molecule has 0 spiro atoms. The summed E-state index contributed by atoms with van der Waals surface area (Å²) in [7, 11) is 1.76. The number of carbonyl (C=O) groups is 1. The van der Waals surface area contributed by atoms with Crippen LogP contribution in [0.15, 0.2) is 23.3 Å². The molecule has 0 saturated carbocycles. The van der Waals surface area contributed by atoms with Gasteiger partial charge in [-0.1, -0.05) is 24.6 Å². The van der Waals surface area contributed by atoms with Crippen LogP contribution in [-0.2, 0) is 14.3 Å². The Labute approximate surface area is 128 Å². The Hall–Kier alpha value is -1.09. The number of ether oxygens (including phenoxy) is 2. The van der Waals surface area contributed by atoms with Crippen LogP contribution in [-0.4, -0.2) is 24.8 Å². The Balaban J connectivity index is 2.39. The van der Waals surface area contributed by atoms with Crippen molar-refractivity contribution < 1.29 is 14.3 Å². The number of fused-ring (bicyclic) bond motifs is 1. The third kappa shape index (κ3) is 3.23. The minimum absolute atomic E-state index is 0.0103. The van der Waals surface area contributed by atoms with Crippen molar-refractivity contribution in [3.63, 3.8) is 0 Å². The predicted octanol–water partition coefficient (Wildman–Crippen LogP) is 3.89. The molecule has 0 saturated heterocycles. The van der Waals surface area contributed by atoms with Gasteiger partial charge < -0.3 is 9.47 Å². The van der Waals surface area contributed by atoms with E-state index in [4.69, 9.17) is 9.47 Å². The van der Waals surface area contributed by atoms with Gasteiger partial charge in [0, 0.05) is 32.3 Å². The molecule has 0 amide bonds. The fourth-order valence-corrected chi connectivity index (χ4v) is 3.89. The van der Waals surface area contributed by atoms with Crippen LogP contribution in [0.25, 0.3) is 0 Å². The largest absolute Gasteiger partial charge is 0.462 e. The summed E-state index contributed by atoms with van der Waals surface area (Å²) in [5, 5.41) is 0. The Kier molecular flexibility index (Phi) is 4.62. The van der Waals surface area contributed by atoms with Crippen molar-refractivity contribution in [3.05, 3.63) is 23.3 Å². The summed E-state index contributed by atoms with van der Waals surface area (Å²) in [4.78, 5) is 11.5. The average Bonchev–Trinajstić information content (AvgIpc) is 2.37. The van der Waals surface area contributed by atoms with Crippen LogP contribution in [0.1, 0.15) is 47.5 Å². The molecule has 2 aliphatic carbocycles. The summed E-state index contributed by atoms with van der Waals surface area (Å²) in [5.41, 5.74) is 2.34. The van der Waals surface area contributed by atoms with Gasteiger partial charge >= 0.3 is 5.97 Å². The summed E-state index contributed by atoms with van der Waals surface area (Å²) in [6, 6.07) is 0. The molecule has 2 aliphatic rings. The first-order valence-corrected chi connectivity index (χ1v) is 7.86. The molecule has 3 heteroatoms. The van der Waals surface area contributed by atoms with E-state index in [1.165, 1.54) is 18.1 Å². The summed E-state index contributed by atoms with van der Waals surface area (Å²) >= 11 is 0. The number of esters is 1. The second-order valence-corrected chi connectivity index (χ2v) is 7.06. The lowest BCUT2D eigenvalue weighted by Gasteiger charge is -2.46. The number of allylic oxidation sites excluding steroid dienone is 2. The first kappa shape index (κ1) is 16.3. The molecule has 0 fully saturated rings. The number of rotatable bonds is 3. The lowest BCUT2D eigenvalue weighted by Crippen LogP contribution is -2.45. The molecule has 0 unspecified atom stereocenters. The van der Waals surface area contributed by atoms with Crippen LogP contribution in [0, 0.1) is 17.8 Å². The molecule has 4 atom stereocenters. The third-order valence-corrected chi connectivity index (χ3v) is 5.08. The second kappa shape index (κ2) is 5.96. The second-order valence-electron chi connectivity index (χ2n) is 7.06. The van der Waals surface area contributed by atoms with Crippen molar-refractivity contribution in [3.8, 4) is 0 Å². The highest BCUT2D eigenvalue weighted by Crippen LogP contribution is 2.47. The van der Waals surface area contributed by atoms with Crippen LogP contribution in [0.5, 0.6) is 0 Å². The van der Waals surface area contributed by atoms with Gasteiger partial charge in [0.05, 0.1) is 5.60 Å². The molecule has 0 aliphatic heterocycles. The summed E-state index contributed by atoms with van der Waals surface area (Å²) in [5.74, 6) is 0.997. The smallest absolute Gasteiger partial charge is 0.302 e.